The summed E-state index contributed by atoms with van der Waals surface area (Å²) in [5.74, 6) is -0.676. The van der Waals surface area contributed by atoms with Crippen molar-refractivity contribution < 1.29 is 13.2 Å². The van der Waals surface area contributed by atoms with Gasteiger partial charge in [0, 0.05) is 0 Å². The van der Waals surface area contributed by atoms with Crippen LogP contribution in [0.15, 0.2) is 65.6 Å². The Balaban J connectivity index is 2.02. The molecule has 0 heterocycles. The lowest BCUT2D eigenvalue weighted by Gasteiger charge is -2.10. The fourth-order valence-corrected chi connectivity index (χ4v) is 3.20. The molecule has 0 aromatic heterocycles. The molecule has 6 heteroatoms. The number of halogens is 1. The van der Waals surface area contributed by atoms with E-state index in [1.807, 2.05) is 35.1 Å². The Kier molecular flexibility index (Phi) is 5.14. The van der Waals surface area contributed by atoms with Crippen molar-refractivity contribution in [3.63, 3.8) is 0 Å². The molecule has 1 unspecified atom stereocenters. The van der Waals surface area contributed by atoms with Crippen molar-refractivity contribution in [3.8, 4) is 0 Å². The number of hydrogen-bond donors (Lipinski definition) is 1. The summed E-state index contributed by atoms with van der Waals surface area (Å²) in [4.78, 5) is 11.5. The number of alkyl halides is 1. The first kappa shape index (κ1) is 15.7. The van der Waals surface area contributed by atoms with Crippen molar-refractivity contribution in [2.75, 3.05) is 0 Å². The van der Waals surface area contributed by atoms with Gasteiger partial charge < -0.3 is 0 Å². The third kappa shape index (κ3) is 4.41. The van der Waals surface area contributed by atoms with Crippen molar-refractivity contribution in [1.29, 1.82) is 0 Å². The van der Waals surface area contributed by atoms with E-state index in [0.29, 0.717) is 0 Å². The van der Waals surface area contributed by atoms with Gasteiger partial charge in [0.2, 0.25) is 5.91 Å². The van der Waals surface area contributed by atoms with Crippen LogP contribution in [0.1, 0.15) is 10.4 Å². The monoisotopic (exact) mass is 366 g/mol. The summed E-state index contributed by atoms with van der Waals surface area (Å²) in [5.41, 5.74) is 0.866. The van der Waals surface area contributed by atoms with E-state index in [1.54, 1.807) is 18.2 Å². The molecule has 1 N–H and O–H groups in total. The molecule has 0 saturated carbocycles. The Hall–Kier alpha value is -1.66. The summed E-state index contributed by atoms with van der Waals surface area (Å²) in [6, 6.07) is 17.0. The molecule has 0 aliphatic carbocycles. The van der Waals surface area contributed by atoms with Crippen LogP contribution in [0.4, 0.5) is 0 Å². The number of carbonyl (C=O) groups is 1. The zero-order valence-corrected chi connectivity index (χ0v) is 13.3. The normalized spacial score (nSPS) is 12.6. The molecule has 0 spiro atoms. The van der Waals surface area contributed by atoms with Crippen molar-refractivity contribution in [2.24, 2.45) is 0 Å². The van der Waals surface area contributed by atoms with Gasteiger partial charge in [-0.05, 0) is 17.7 Å². The minimum atomic E-state index is -3.84. The SMILES string of the molecule is O=C([CH]C(Br)c1ccccc1)NS(=O)(=O)c1ccccc1. The van der Waals surface area contributed by atoms with Gasteiger partial charge in [-0.15, -0.1) is 0 Å². The van der Waals surface area contributed by atoms with Crippen LogP contribution in [0.5, 0.6) is 0 Å². The van der Waals surface area contributed by atoms with Gasteiger partial charge in [-0.1, -0.05) is 64.5 Å². The van der Waals surface area contributed by atoms with Crippen LogP contribution >= 0.6 is 15.9 Å². The van der Waals surface area contributed by atoms with E-state index in [4.69, 9.17) is 0 Å². The highest BCUT2D eigenvalue weighted by Crippen LogP contribution is 2.25. The second-order valence-electron chi connectivity index (χ2n) is 4.26. The van der Waals surface area contributed by atoms with Crippen LogP contribution in [0.2, 0.25) is 0 Å². The molecule has 0 fully saturated rings. The topological polar surface area (TPSA) is 63.2 Å². The standard InChI is InChI=1S/C15H13BrNO3S/c16-14(12-7-3-1-4-8-12)11-15(18)17-21(19,20)13-9-5-2-6-10-13/h1-11,14H,(H,17,18). The lowest BCUT2D eigenvalue weighted by atomic mass is 10.1. The molecule has 4 nitrogen and oxygen atoms in total. The van der Waals surface area contributed by atoms with E-state index in [2.05, 4.69) is 15.9 Å². The van der Waals surface area contributed by atoms with E-state index in [1.165, 1.54) is 18.6 Å². The average molecular weight is 367 g/mol. The summed E-state index contributed by atoms with van der Waals surface area (Å²) in [5, 5.41) is 0. The number of nitrogens with one attached hydrogen (secondary N) is 1. The molecule has 2 aromatic rings. The summed E-state index contributed by atoms with van der Waals surface area (Å²) >= 11 is 3.34. The van der Waals surface area contributed by atoms with Crippen LogP contribution in [-0.4, -0.2) is 14.3 Å². The molecule has 0 aliphatic heterocycles. The van der Waals surface area contributed by atoms with E-state index in [-0.39, 0.29) is 9.72 Å². The largest absolute Gasteiger partial charge is 0.274 e. The van der Waals surface area contributed by atoms with E-state index >= 15 is 0 Å². The number of sulfonamides is 1. The zero-order valence-electron chi connectivity index (χ0n) is 10.9. The fourth-order valence-electron chi connectivity index (χ4n) is 1.69. The van der Waals surface area contributed by atoms with Crippen molar-refractivity contribution >= 4 is 31.9 Å². The molecule has 109 valence electrons. The molecular formula is C15H13BrNO3S. The lowest BCUT2D eigenvalue weighted by molar-refractivity contribution is -0.116. The number of benzene rings is 2. The molecule has 21 heavy (non-hydrogen) atoms. The second kappa shape index (κ2) is 6.87. The predicted octanol–water partition coefficient (Wildman–Crippen LogP) is 2.83. The van der Waals surface area contributed by atoms with Gasteiger partial charge in [-0.2, -0.15) is 0 Å². The molecule has 2 rings (SSSR count). The smallest absolute Gasteiger partial charge is 0.264 e. The first-order valence-corrected chi connectivity index (χ1v) is 8.54. The maximum Gasteiger partial charge on any atom is 0.264 e. The summed E-state index contributed by atoms with van der Waals surface area (Å²) in [6.45, 7) is 0. The Morgan fingerprint density at radius 3 is 2.10 bits per heavy atom. The molecule has 2 aromatic carbocycles. The van der Waals surface area contributed by atoms with Gasteiger partial charge in [0.25, 0.3) is 10.0 Å². The van der Waals surface area contributed by atoms with Crippen LogP contribution in [0.25, 0.3) is 0 Å². The summed E-state index contributed by atoms with van der Waals surface area (Å²) < 4.78 is 26.0. The van der Waals surface area contributed by atoms with Gasteiger partial charge in [0.1, 0.15) is 0 Å². The number of amides is 1. The van der Waals surface area contributed by atoms with Crippen LogP contribution in [-0.2, 0) is 14.8 Å². The van der Waals surface area contributed by atoms with E-state index < -0.39 is 15.9 Å². The van der Waals surface area contributed by atoms with Gasteiger partial charge in [0.15, 0.2) is 0 Å². The molecule has 1 amide bonds. The Bertz CT molecular complexity index is 702. The van der Waals surface area contributed by atoms with Crippen molar-refractivity contribution in [1.82, 2.24) is 4.72 Å². The zero-order chi connectivity index (χ0) is 15.3. The van der Waals surface area contributed by atoms with Crippen LogP contribution in [0.3, 0.4) is 0 Å². The molecule has 0 saturated heterocycles. The second-order valence-corrected chi connectivity index (χ2v) is 6.93. The predicted molar refractivity (Wildman–Crippen MR) is 84.2 cm³/mol. The summed E-state index contributed by atoms with van der Waals surface area (Å²) in [7, 11) is -3.84. The number of rotatable bonds is 5. The van der Waals surface area contributed by atoms with Gasteiger partial charge in [0.05, 0.1) is 16.1 Å². The van der Waals surface area contributed by atoms with Gasteiger partial charge in [-0.25, -0.2) is 13.1 Å². The summed E-state index contributed by atoms with van der Waals surface area (Å²) in [6.07, 6.45) is 1.27. The van der Waals surface area contributed by atoms with Crippen molar-refractivity contribution in [3.05, 3.63) is 72.6 Å². The average Bonchev–Trinajstić information content (AvgIpc) is 2.48. The molecule has 0 aliphatic rings. The van der Waals surface area contributed by atoms with Crippen LogP contribution < -0.4 is 4.72 Å². The molecular weight excluding hydrogens is 354 g/mol. The Labute approximate surface area is 132 Å². The van der Waals surface area contributed by atoms with E-state index in [9.17, 15) is 13.2 Å². The highest BCUT2D eigenvalue weighted by atomic mass is 79.9. The van der Waals surface area contributed by atoms with Crippen LogP contribution in [0, 0.1) is 6.42 Å². The Morgan fingerprint density at radius 2 is 1.52 bits per heavy atom. The van der Waals surface area contributed by atoms with Crippen molar-refractivity contribution in [2.45, 2.75) is 9.72 Å². The Morgan fingerprint density at radius 1 is 1.00 bits per heavy atom. The lowest BCUT2D eigenvalue weighted by Crippen LogP contribution is -2.31. The maximum absolute atomic E-state index is 12.0. The van der Waals surface area contributed by atoms with Gasteiger partial charge in [-0.3, -0.25) is 4.79 Å². The minimum Gasteiger partial charge on any atom is -0.274 e. The molecule has 1 radical (unpaired) electrons. The molecule has 0 bridgehead atoms. The van der Waals surface area contributed by atoms with Gasteiger partial charge >= 0.3 is 0 Å². The van der Waals surface area contributed by atoms with E-state index in [0.717, 1.165) is 5.56 Å². The number of hydrogen-bond acceptors (Lipinski definition) is 3. The maximum atomic E-state index is 12.0. The highest BCUT2D eigenvalue weighted by molar-refractivity contribution is 9.09. The minimum absolute atomic E-state index is 0.0533. The quantitative estimate of drug-likeness (QED) is 0.827. The molecule has 1 atom stereocenters. The highest BCUT2D eigenvalue weighted by Gasteiger charge is 2.20. The third-order valence-corrected chi connectivity index (χ3v) is 4.86. The first-order valence-electron chi connectivity index (χ1n) is 6.15. The number of carbonyl (C=O) groups excluding carboxylic acids is 1. The first-order chi connectivity index (χ1) is 9.99. The third-order valence-electron chi connectivity index (χ3n) is 2.70. The fraction of sp³-hybridized carbons (Fsp3) is 0.0667.